The maximum absolute atomic E-state index is 12.7. The number of carbonyl (C=O) groups is 1. The smallest absolute Gasteiger partial charge is 0.317 e. The van der Waals surface area contributed by atoms with E-state index in [-0.39, 0.29) is 6.03 Å². The highest BCUT2D eigenvalue weighted by Crippen LogP contribution is 2.26. The van der Waals surface area contributed by atoms with Crippen molar-refractivity contribution >= 4 is 17.4 Å². The Morgan fingerprint density at radius 3 is 2.42 bits per heavy atom. The third-order valence-electron chi connectivity index (χ3n) is 6.75. The standard InChI is InChI=1S/C25H36N4O3S/c1-31-22-5-6-24(32-2)21(16-22)18-28-11-13-29(14-12-28)25(30)26-17-20-7-9-27(10-8-20)19-23-4-3-15-33-23/h3-6,15-16,20H,7-14,17-19H2,1-2H3,(H,26,30). The summed E-state index contributed by atoms with van der Waals surface area (Å²) >= 11 is 1.83. The molecule has 0 atom stereocenters. The zero-order chi connectivity index (χ0) is 23.0. The Bertz CT molecular complexity index is 876. The Hall–Kier alpha value is -2.29. The number of amides is 2. The Morgan fingerprint density at radius 1 is 1.00 bits per heavy atom. The number of piperidine rings is 1. The molecule has 1 aromatic heterocycles. The first-order valence-corrected chi connectivity index (χ1v) is 12.7. The van der Waals surface area contributed by atoms with Crippen molar-refractivity contribution in [3.63, 3.8) is 0 Å². The van der Waals surface area contributed by atoms with E-state index in [0.29, 0.717) is 5.92 Å². The number of rotatable bonds is 8. The first-order valence-electron chi connectivity index (χ1n) is 11.9. The van der Waals surface area contributed by atoms with Gasteiger partial charge in [0.2, 0.25) is 0 Å². The molecular formula is C25H36N4O3S. The van der Waals surface area contributed by atoms with Gasteiger partial charge in [0, 0.05) is 56.3 Å². The highest BCUT2D eigenvalue weighted by Gasteiger charge is 2.24. The molecule has 0 spiro atoms. The van der Waals surface area contributed by atoms with Crippen molar-refractivity contribution in [2.45, 2.75) is 25.9 Å². The summed E-state index contributed by atoms with van der Waals surface area (Å²) < 4.78 is 10.9. The summed E-state index contributed by atoms with van der Waals surface area (Å²) in [4.78, 5) is 21.0. The second-order valence-corrected chi connectivity index (χ2v) is 9.96. The summed E-state index contributed by atoms with van der Waals surface area (Å²) in [5, 5.41) is 5.34. The molecular weight excluding hydrogens is 436 g/mol. The lowest BCUT2D eigenvalue weighted by atomic mass is 9.97. The average Bonchev–Trinajstić information content (AvgIpc) is 3.37. The lowest BCUT2D eigenvalue weighted by Crippen LogP contribution is -2.52. The van der Waals surface area contributed by atoms with Crippen LogP contribution in [-0.2, 0) is 13.1 Å². The molecule has 7 nitrogen and oxygen atoms in total. The van der Waals surface area contributed by atoms with E-state index in [4.69, 9.17) is 9.47 Å². The molecule has 2 aliphatic heterocycles. The number of piperazine rings is 1. The van der Waals surface area contributed by atoms with Crippen LogP contribution in [0.5, 0.6) is 11.5 Å². The average molecular weight is 473 g/mol. The molecule has 0 bridgehead atoms. The summed E-state index contributed by atoms with van der Waals surface area (Å²) in [6, 6.07) is 10.3. The second-order valence-electron chi connectivity index (χ2n) is 8.93. The van der Waals surface area contributed by atoms with Crippen LogP contribution in [0.3, 0.4) is 0 Å². The van der Waals surface area contributed by atoms with Crippen LogP contribution in [0.1, 0.15) is 23.3 Å². The first kappa shape index (κ1) is 23.9. The van der Waals surface area contributed by atoms with Gasteiger partial charge in [-0.15, -0.1) is 11.3 Å². The molecule has 0 unspecified atom stereocenters. The highest BCUT2D eigenvalue weighted by atomic mass is 32.1. The van der Waals surface area contributed by atoms with Crippen LogP contribution in [0.4, 0.5) is 4.79 Å². The minimum atomic E-state index is 0.0784. The molecule has 1 N–H and O–H groups in total. The number of hydrogen-bond donors (Lipinski definition) is 1. The monoisotopic (exact) mass is 472 g/mol. The lowest BCUT2D eigenvalue weighted by molar-refractivity contribution is 0.131. The zero-order valence-electron chi connectivity index (χ0n) is 19.8. The number of thiophene rings is 1. The minimum Gasteiger partial charge on any atom is -0.497 e. The van der Waals surface area contributed by atoms with Gasteiger partial charge in [0.15, 0.2) is 0 Å². The van der Waals surface area contributed by atoms with E-state index in [2.05, 4.69) is 32.6 Å². The van der Waals surface area contributed by atoms with E-state index in [1.54, 1.807) is 14.2 Å². The summed E-state index contributed by atoms with van der Waals surface area (Å²) in [5.41, 5.74) is 1.11. The number of nitrogens with one attached hydrogen (secondary N) is 1. The van der Waals surface area contributed by atoms with Gasteiger partial charge in [0.25, 0.3) is 0 Å². The SMILES string of the molecule is COc1ccc(OC)c(CN2CCN(C(=O)NCC3CCN(Cc4cccs4)CC3)CC2)c1. The van der Waals surface area contributed by atoms with E-state index < -0.39 is 0 Å². The third-order valence-corrected chi connectivity index (χ3v) is 7.61. The lowest BCUT2D eigenvalue weighted by Gasteiger charge is -2.36. The number of nitrogens with zero attached hydrogens (tertiary/aromatic N) is 3. The fraction of sp³-hybridized carbons (Fsp3) is 0.560. The first-order chi connectivity index (χ1) is 16.1. The van der Waals surface area contributed by atoms with Crippen LogP contribution in [0.15, 0.2) is 35.7 Å². The maximum atomic E-state index is 12.7. The number of benzene rings is 1. The van der Waals surface area contributed by atoms with Gasteiger partial charge in [0.05, 0.1) is 14.2 Å². The van der Waals surface area contributed by atoms with Crippen LogP contribution in [0, 0.1) is 5.92 Å². The summed E-state index contributed by atoms with van der Waals surface area (Å²) in [6.45, 7) is 8.07. The molecule has 2 amide bonds. The molecule has 2 saturated heterocycles. The molecule has 1 aromatic carbocycles. The molecule has 8 heteroatoms. The van der Waals surface area contributed by atoms with E-state index in [1.807, 2.05) is 34.4 Å². The van der Waals surface area contributed by atoms with Gasteiger partial charge in [-0.25, -0.2) is 4.79 Å². The third kappa shape index (κ3) is 6.62. The van der Waals surface area contributed by atoms with E-state index in [1.165, 1.54) is 4.88 Å². The van der Waals surface area contributed by atoms with Crippen LogP contribution < -0.4 is 14.8 Å². The number of likely N-dealkylation sites (tertiary alicyclic amines) is 1. The Labute approximate surface area is 201 Å². The number of methoxy groups -OCH3 is 2. The maximum Gasteiger partial charge on any atom is 0.317 e. The predicted molar refractivity (Wildman–Crippen MR) is 132 cm³/mol. The van der Waals surface area contributed by atoms with E-state index >= 15 is 0 Å². The van der Waals surface area contributed by atoms with Crippen LogP contribution in [0.2, 0.25) is 0 Å². The molecule has 2 fully saturated rings. The van der Waals surface area contributed by atoms with Crippen LogP contribution in [0.25, 0.3) is 0 Å². The minimum absolute atomic E-state index is 0.0784. The topological polar surface area (TPSA) is 57.3 Å². The van der Waals surface area contributed by atoms with Gasteiger partial charge < -0.3 is 19.7 Å². The number of hydrogen-bond acceptors (Lipinski definition) is 6. The van der Waals surface area contributed by atoms with Gasteiger partial charge in [0.1, 0.15) is 11.5 Å². The summed E-state index contributed by atoms with van der Waals surface area (Å²) in [6.07, 6.45) is 2.31. The van der Waals surface area contributed by atoms with Crippen molar-refractivity contribution in [1.82, 2.24) is 20.0 Å². The Kier molecular flexibility index (Phi) is 8.47. The quantitative estimate of drug-likeness (QED) is 0.637. The fourth-order valence-electron chi connectivity index (χ4n) is 4.67. The molecule has 0 saturated carbocycles. The molecule has 2 aromatic rings. The molecule has 0 aliphatic carbocycles. The molecule has 33 heavy (non-hydrogen) atoms. The number of urea groups is 1. The summed E-state index contributed by atoms with van der Waals surface area (Å²) in [7, 11) is 3.37. The molecule has 180 valence electrons. The van der Waals surface area contributed by atoms with E-state index in [9.17, 15) is 4.79 Å². The van der Waals surface area contributed by atoms with Gasteiger partial charge in [-0.2, -0.15) is 0 Å². The normalized spacial score (nSPS) is 18.3. The van der Waals surface area contributed by atoms with Crippen molar-refractivity contribution in [2.24, 2.45) is 5.92 Å². The molecule has 2 aliphatic rings. The van der Waals surface area contributed by atoms with Crippen molar-refractivity contribution in [1.29, 1.82) is 0 Å². The Morgan fingerprint density at radius 2 is 1.76 bits per heavy atom. The number of carbonyl (C=O) groups excluding carboxylic acids is 1. The van der Waals surface area contributed by atoms with Gasteiger partial charge in [-0.1, -0.05) is 6.07 Å². The largest absolute Gasteiger partial charge is 0.497 e. The van der Waals surface area contributed by atoms with Crippen molar-refractivity contribution in [3.8, 4) is 11.5 Å². The van der Waals surface area contributed by atoms with Crippen molar-refractivity contribution in [2.75, 3.05) is 60.0 Å². The molecule has 4 rings (SSSR count). The fourth-order valence-corrected chi connectivity index (χ4v) is 5.42. The van der Waals surface area contributed by atoms with Gasteiger partial charge in [-0.3, -0.25) is 9.80 Å². The molecule has 0 radical (unpaired) electrons. The highest BCUT2D eigenvalue weighted by molar-refractivity contribution is 7.09. The second kappa shape index (κ2) is 11.7. The van der Waals surface area contributed by atoms with Gasteiger partial charge in [-0.05, 0) is 61.5 Å². The van der Waals surface area contributed by atoms with Gasteiger partial charge >= 0.3 is 6.03 Å². The predicted octanol–water partition coefficient (Wildman–Crippen LogP) is 3.50. The number of ether oxygens (including phenoxy) is 2. The van der Waals surface area contributed by atoms with Crippen LogP contribution >= 0.6 is 11.3 Å². The van der Waals surface area contributed by atoms with Crippen LogP contribution in [-0.4, -0.2) is 80.8 Å². The summed E-state index contributed by atoms with van der Waals surface area (Å²) in [5.74, 6) is 2.29. The Balaban J connectivity index is 1.16. The van der Waals surface area contributed by atoms with E-state index in [0.717, 1.165) is 88.8 Å². The van der Waals surface area contributed by atoms with Crippen molar-refractivity contribution in [3.05, 3.63) is 46.2 Å². The van der Waals surface area contributed by atoms with Crippen molar-refractivity contribution < 1.29 is 14.3 Å². The zero-order valence-corrected chi connectivity index (χ0v) is 20.6. The molecule has 3 heterocycles.